The zero-order valence-corrected chi connectivity index (χ0v) is 14.9. The van der Waals surface area contributed by atoms with Crippen LogP contribution in [-0.4, -0.2) is 11.6 Å². The molecule has 22 heavy (non-hydrogen) atoms. The minimum Gasteiger partial charge on any atom is -0.273 e. The molecule has 1 aromatic rings. The number of hydrazone groups is 1. The van der Waals surface area contributed by atoms with Gasteiger partial charge in [0.2, 0.25) is 5.91 Å². The number of carbonyl (C=O) groups excluding carboxylic acids is 1. The molecule has 0 spiro atoms. The number of unbranched alkanes of at least 4 members (excludes halogenated alkanes) is 8. The first-order valence-corrected chi connectivity index (χ1v) is 9.49. The number of carbonyl (C=O) groups is 1. The Morgan fingerprint density at radius 3 is 2.32 bits per heavy atom. The van der Waals surface area contributed by atoms with E-state index in [0.717, 1.165) is 23.4 Å². The third-order valence-corrected chi connectivity index (χ3v) is 4.71. The molecule has 0 saturated heterocycles. The third kappa shape index (κ3) is 8.98. The molecule has 0 aromatic carbocycles. The standard InChI is InChI=1S/C18H30N2OS/c1-3-4-5-6-7-8-9-10-11-14-18(21)20-19-16(2)17-13-12-15-22-17/h12-13,15H,3-11,14H2,1-2H3,(H,20,21)/b19-16-. The fraction of sp³-hybridized carbons (Fsp3) is 0.667. The van der Waals surface area contributed by atoms with E-state index in [4.69, 9.17) is 0 Å². The van der Waals surface area contributed by atoms with Crippen LogP contribution in [0.1, 0.15) is 82.9 Å². The van der Waals surface area contributed by atoms with Gasteiger partial charge in [-0.25, -0.2) is 5.43 Å². The van der Waals surface area contributed by atoms with Gasteiger partial charge in [-0.3, -0.25) is 4.79 Å². The highest BCUT2D eigenvalue weighted by atomic mass is 32.1. The summed E-state index contributed by atoms with van der Waals surface area (Å²) < 4.78 is 0. The van der Waals surface area contributed by atoms with E-state index in [2.05, 4.69) is 17.5 Å². The number of rotatable bonds is 12. The lowest BCUT2D eigenvalue weighted by molar-refractivity contribution is -0.121. The molecule has 1 amide bonds. The summed E-state index contributed by atoms with van der Waals surface area (Å²) >= 11 is 1.63. The highest BCUT2D eigenvalue weighted by molar-refractivity contribution is 7.12. The van der Waals surface area contributed by atoms with Gasteiger partial charge >= 0.3 is 0 Å². The summed E-state index contributed by atoms with van der Waals surface area (Å²) in [5.74, 6) is 0.0267. The minimum absolute atomic E-state index is 0.0267. The maximum atomic E-state index is 11.7. The monoisotopic (exact) mass is 322 g/mol. The van der Waals surface area contributed by atoms with Crippen molar-refractivity contribution in [2.75, 3.05) is 0 Å². The van der Waals surface area contributed by atoms with Gasteiger partial charge < -0.3 is 0 Å². The molecule has 4 heteroatoms. The highest BCUT2D eigenvalue weighted by Crippen LogP contribution is 2.11. The van der Waals surface area contributed by atoms with Gasteiger partial charge in [-0.15, -0.1) is 11.3 Å². The molecule has 0 unspecified atom stereocenters. The average molecular weight is 323 g/mol. The molecule has 0 aliphatic rings. The molecule has 0 fully saturated rings. The molecule has 1 aromatic heterocycles. The quantitative estimate of drug-likeness (QED) is 0.308. The molecular formula is C18H30N2OS. The largest absolute Gasteiger partial charge is 0.273 e. The molecule has 1 N–H and O–H groups in total. The maximum absolute atomic E-state index is 11.7. The Kier molecular flexibility index (Phi) is 10.6. The average Bonchev–Trinajstić information content (AvgIpc) is 3.05. The van der Waals surface area contributed by atoms with E-state index in [-0.39, 0.29) is 5.91 Å². The molecule has 0 aliphatic carbocycles. The van der Waals surface area contributed by atoms with Crippen molar-refractivity contribution in [1.82, 2.24) is 5.43 Å². The van der Waals surface area contributed by atoms with Gasteiger partial charge in [0, 0.05) is 11.3 Å². The number of hydrogen-bond acceptors (Lipinski definition) is 3. The lowest BCUT2D eigenvalue weighted by atomic mass is 10.1. The summed E-state index contributed by atoms with van der Waals surface area (Å²) in [5, 5.41) is 6.16. The van der Waals surface area contributed by atoms with Gasteiger partial charge in [0.25, 0.3) is 0 Å². The zero-order valence-electron chi connectivity index (χ0n) is 14.1. The van der Waals surface area contributed by atoms with Crippen LogP contribution in [0.15, 0.2) is 22.6 Å². The second-order valence-corrected chi connectivity index (χ2v) is 6.74. The summed E-state index contributed by atoms with van der Waals surface area (Å²) in [6.07, 6.45) is 12.0. The first-order chi connectivity index (χ1) is 10.7. The summed E-state index contributed by atoms with van der Waals surface area (Å²) in [6, 6.07) is 4.00. The van der Waals surface area contributed by atoms with Crippen LogP contribution in [0.5, 0.6) is 0 Å². The molecule has 124 valence electrons. The Morgan fingerprint density at radius 1 is 1.09 bits per heavy atom. The van der Waals surface area contributed by atoms with Gasteiger partial charge in [0.15, 0.2) is 0 Å². The van der Waals surface area contributed by atoms with Gasteiger partial charge in [0.05, 0.1) is 5.71 Å². The summed E-state index contributed by atoms with van der Waals surface area (Å²) in [5.41, 5.74) is 3.52. The summed E-state index contributed by atoms with van der Waals surface area (Å²) in [4.78, 5) is 12.8. The van der Waals surface area contributed by atoms with Crippen molar-refractivity contribution >= 4 is 23.0 Å². The van der Waals surface area contributed by atoms with Crippen LogP contribution in [0.3, 0.4) is 0 Å². The second kappa shape index (κ2) is 12.4. The molecule has 3 nitrogen and oxygen atoms in total. The SMILES string of the molecule is CCCCCCCCCCCC(=O)N/N=C(/C)c1cccs1. The number of nitrogens with zero attached hydrogens (tertiary/aromatic N) is 1. The normalized spacial score (nSPS) is 11.6. The van der Waals surface area contributed by atoms with E-state index < -0.39 is 0 Å². The first-order valence-electron chi connectivity index (χ1n) is 8.61. The van der Waals surface area contributed by atoms with E-state index in [1.807, 2.05) is 24.4 Å². The summed E-state index contributed by atoms with van der Waals surface area (Å²) in [6.45, 7) is 4.17. The number of nitrogens with one attached hydrogen (secondary N) is 1. The number of hydrogen-bond donors (Lipinski definition) is 1. The van der Waals surface area contributed by atoms with E-state index in [1.54, 1.807) is 11.3 Å². The van der Waals surface area contributed by atoms with E-state index in [0.29, 0.717) is 6.42 Å². The van der Waals surface area contributed by atoms with Gasteiger partial charge in [-0.05, 0) is 24.8 Å². The van der Waals surface area contributed by atoms with Crippen LogP contribution in [0.2, 0.25) is 0 Å². The van der Waals surface area contributed by atoms with E-state index in [9.17, 15) is 4.79 Å². The van der Waals surface area contributed by atoms with Crippen LogP contribution >= 0.6 is 11.3 Å². The van der Waals surface area contributed by atoms with E-state index >= 15 is 0 Å². The molecule has 0 radical (unpaired) electrons. The third-order valence-electron chi connectivity index (χ3n) is 3.73. The van der Waals surface area contributed by atoms with Crippen LogP contribution in [0.4, 0.5) is 0 Å². The van der Waals surface area contributed by atoms with E-state index in [1.165, 1.54) is 44.9 Å². The Labute approximate surface area is 139 Å². The Balaban J connectivity index is 1.99. The van der Waals surface area contributed by atoms with Crippen molar-refractivity contribution in [3.8, 4) is 0 Å². The predicted octanol–water partition coefficient (Wildman–Crippen LogP) is 5.51. The molecule has 0 atom stereocenters. The van der Waals surface area contributed by atoms with Gasteiger partial charge in [0.1, 0.15) is 0 Å². The zero-order chi connectivity index (χ0) is 16.0. The first kappa shape index (κ1) is 18.9. The van der Waals surface area contributed by atoms with Crippen molar-refractivity contribution in [2.45, 2.75) is 78.1 Å². The topological polar surface area (TPSA) is 41.5 Å². The van der Waals surface area contributed by atoms with Crippen molar-refractivity contribution in [3.63, 3.8) is 0 Å². The number of amides is 1. The Bertz CT molecular complexity index is 426. The lowest BCUT2D eigenvalue weighted by Gasteiger charge is -2.03. The van der Waals surface area contributed by atoms with Crippen molar-refractivity contribution < 1.29 is 4.79 Å². The molecular weight excluding hydrogens is 292 g/mol. The molecule has 0 aliphatic heterocycles. The minimum atomic E-state index is 0.0267. The molecule has 0 saturated carbocycles. The molecule has 1 heterocycles. The Hall–Kier alpha value is -1.16. The maximum Gasteiger partial charge on any atom is 0.240 e. The summed E-state index contributed by atoms with van der Waals surface area (Å²) in [7, 11) is 0. The van der Waals surface area contributed by atoms with Gasteiger partial charge in [-0.1, -0.05) is 64.4 Å². The van der Waals surface area contributed by atoms with Crippen LogP contribution < -0.4 is 5.43 Å². The smallest absolute Gasteiger partial charge is 0.240 e. The molecule has 0 bridgehead atoms. The predicted molar refractivity (Wildman–Crippen MR) is 96.5 cm³/mol. The van der Waals surface area contributed by atoms with Gasteiger partial charge in [-0.2, -0.15) is 5.10 Å². The number of thiophene rings is 1. The fourth-order valence-corrected chi connectivity index (χ4v) is 3.01. The van der Waals surface area contributed by atoms with Crippen LogP contribution in [0, 0.1) is 0 Å². The van der Waals surface area contributed by atoms with Crippen LogP contribution in [0.25, 0.3) is 0 Å². The second-order valence-electron chi connectivity index (χ2n) is 5.79. The van der Waals surface area contributed by atoms with Crippen molar-refractivity contribution in [2.24, 2.45) is 5.10 Å². The molecule has 1 rings (SSSR count). The van der Waals surface area contributed by atoms with Crippen molar-refractivity contribution in [3.05, 3.63) is 22.4 Å². The van der Waals surface area contributed by atoms with Crippen LogP contribution in [-0.2, 0) is 4.79 Å². The lowest BCUT2D eigenvalue weighted by Crippen LogP contribution is -2.18. The Morgan fingerprint density at radius 2 is 1.73 bits per heavy atom. The van der Waals surface area contributed by atoms with Crippen molar-refractivity contribution in [1.29, 1.82) is 0 Å². The fourth-order valence-electron chi connectivity index (χ4n) is 2.34. The highest BCUT2D eigenvalue weighted by Gasteiger charge is 2.02.